The van der Waals surface area contributed by atoms with Crippen LogP contribution >= 0.6 is 0 Å². The highest BCUT2D eigenvalue weighted by molar-refractivity contribution is 5.31. The van der Waals surface area contributed by atoms with E-state index in [1.165, 1.54) is 6.07 Å². The molecule has 2 rings (SSSR count). The number of rotatable bonds is 1. The summed E-state index contributed by atoms with van der Waals surface area (Å²) in [6.07, 6.45) is -3.41. The molecule has 0 saturated carbocycles. The van der Waals surface area contributed by atoms with Crippen molar-refractivity contribution in [1.29, 1.82) is 0 Å². The van der Waals surface area contributed by atoms with E-state index >= 15 is 0 Å². The Kier molecular flexibility index (Phi) is 3.82. The van der Waals surface area contributed by atoms with Crippen molar-refractivity contribution < 1.29 is 22.7 Å². The van der Waals surface area contributed by atoms with Crippen LogP contribution in [0.25, 0.3) is 0 Å². The van der Waals surface area contributed by atoms with Gasteiger partial charge in [-0.25, -0.2) is 4.39 Å². The van der Waals surface area contributed by atoms with E-state index in [-0.39, 0.29) is 5.56 Å². The van der Waals surface area contributed by atoms with Crippen molar-refractivity contribution in [2.45, 2.75) is 31.0 Å². The molecule has 1 fully saturated rings. The zero-order chi connectivity index (χ0) is 14.1. The predicted molar refractivity (Wildman–Crippen MR) is 62.0 cm³/mol. The van der Waals surface area contributed by atoms with Crippen molar-refractivity contribution >= 4 is 0 Å². The fourth-order valence-corrected chi connectivity index (χ4v) is 2.37. The van der Waals surface area contributed by atoms with Gasteiger partial charge in [0.05, 0.1) is 11.2 Å². The standard InChI is InChI=1S/C13H15F4NO/c14-11-3-2-9(8-10(11)13(15,16)17)12(19)4-1-6-18-7-5-12/h2-3,8,18-19H,1,4-7H2. The second-order valence-electron chi connectivity index (χ2n) is 4.83. The minimum atomic E-state index is -4.75. The van der Waals surface area contributed by atoms with Gasteiger partial charge in [0, 0.05) is 0 Å². The lowest BCUT2D eigenvalue weighted by molar-refractivity contribution is -0.140. The average Bonchev–Trinajstić information content (AvgIpc) is 2.54. The summed E-state index contributed by atoms with van der Waals surface area (Å²) in [5, 5.41) is 13.5. The fourth-order valence-electron chi connectivity index (χ4n) is 2.37. The maximum Gasteiger partial charge on any atom is 0.419 e. The van der Waals surface area contributed by atoms with Gasteiger partial charge in [-0.15, -0.1) is 0 Å². The predicted octanol–water partition coefficient (Wildman–Crippen LogP) is 2.81. The lowest BCUT2D eigenvalue weighted by Crippen LogP contribution is -2.27. The summed E-state index contributed by atoms with van der Waals surface area (Å²) in [5.74, 6) is -1.31. The lowest BCUT2D eigenvalue weighted by atomic mass is 9.86. The van der Waals surface area contributed by atoms with E-state index in [1.54, 1.807) is 0 Å². The third-order valence-electron chi connectivity index (χ3n) is 3.47. The fraction of sp³-hybridized carbons (Fsp3) is 0.538. The van der Waals surface area contributed by atoms with Gasteiger partial charge in [-0.2, -0.15) is 13.2 Å². The molecule has 0 spiro atoms. The maximum absolute atomic E-state index is 13.2. The van der Waals surface area contributed by atoms with Crippen LogP contribution in [0.3, 0.4) is 0 Å². The van der Waals surface area contributed by atoms with Crippen molar-refractivity contribution in [3.05, 3.63) is 35.1 Å². The van der Waals surface area contributed by atoms with Crippen LogP contribution in [-0.2, 0) is 11.8 Å². The zero-order valence-corrected chi connectivity index (χ0v) is 10.2. The maximum atomic E-state index is 13.2. The molecule has 1 unspecified atom stereocenters. The Labute approximate surface area is 108 Å². The van der Waals surface area contributed by atoms with Crippen LogP contribution in [0, 0.1) is 5.82 Å². The average molecular weight is 277 g/mol. The van der Waals surface area contributed by atoms with Crippen LogP contribution in [0.15, 0.2) is 18.2 Å². The first kappa shape index (κ1) is 14.3. The molecule has 106 valence electrons. The summed E-state index contributed by atoms with van der Waals surface area (Å²) in [4.78, 5) is 0. The molecule has 1 aromatic carbocycles. The van der Waals surface area contributed by atoms with E-state index in [2.05, 4.69) is 5.32 Å². The summed E-state index contributed by atoms with van der Waals surface area (Å²) in [6, 6.07) is 2.73. The molecule has 1 aliphatic rings. The molecule has 1 heterocycles. The number of hydrogen-bond donors (Lipinski definition) is 2. The van der Waals surface area contributed by atoms with Gasteiger partial charge in [-0.3, -0.25) is 0 Å². The van der Waals surface area contributed by atoms with Crippen molar-refractivity contribution in [1.82, 2.24) is 5.32 Å². The molecule has 0 aromatic heterocycles. The summed E-state index contributed by atoms with van der Waals surface area (Å²) in [6.45, 7) is 1.24. The zero-order valence-electron chi connectivity index (χ0n) is 10.2. The van der Waals surface area contributed by atoms with Gasteiger partial charge in [0.2, 0.25) is 0 Å². The number of alkyl halides is 3. The second-order valence-corrected chi connectivity index (χ2v) is 4.83. The Morgan fingerprint density at radius 3 is 2.58 bits per heavy atom. The SMILES string of the molecule is OC1(c2ccc(F)c(C(F)(F)F)c2)CCCNCC1. The smallest absolute Gasteiger partial charge is 0.385 e. The Morgan fingerprint density at radius 1 is 1.16 bits per heavy atom. The van der Waals surface area contributed by atoms with Gasteiger partial charge in [0.15, 0.2) is 0 Å². The van der Waals surface area contributed by atoms with Gasteiger partial charge in [-0.1, -0.05) is 6.07 Å². The third-order valence-corrected chi connectivity index (χ3v) is 3.47. The molecule has 0 amide bonds. The summed E-state index contributed by atoms with van der Waals surface area (Å²) in [7, 11) is 0. The van der Waals surface area contributed by atoms with E-state index in [0.717, 1.165) is 18.7 Å². The molecular weight excluding hydrogens is 262 g/mol. The first-order valence-corrected chi connectivity index (χ1v) is 6.13. The third kappa shape index (κ3) is 3.06. The molecule has 1 aromatic rings. The van der Waals surface area contributed by atoms with Gasteiger partial charge < -0.3 is 10.4 Å². The molecule has 1 aliphatic heterocycles. The van der Waals surface area contributed by atoms with Crippen LogP contribution in [0.5, 0.6) is 0 Å². The summed E-state index contributed by atoms with van der Waals surface area (Å²) in [5.41, 5.74) is -2.52. The van der Waals surface area contributed by atoms with Crippen LogP contribution in [-0.4, -0.2) is 18.2 Å². The van der Waals surface area contributed by atoms with Crippen LogP contribution in [0.2, 0.25) is 0 Å². The number of halogens is 4. The van der Waals surface area contributed by atoms with Crippen molar-refractivity contribution in [3.8, 4) is 0 Å². The molecule has 0 bridgehead atoms. The van der Waals surface area contributed by atoms with Crippen molar-refractivity contribution in [3.63, 3.8) is 0 Å². The van der Waals surface area contributed by atoms with Gasteiger partial charge in [0.25, 0.3) is 0 Å². The number of hydrogen-bond acceptors (Lipinski definition) is 2. The van der Waals surface area contributed by atoms with E-state index in [4.69, 9.17) is 0 Å². The summed E-state index contributed by atoms with van der Waals surface area (Å²) < 4.78 is 51.2. The molecule has 0 aliphatic carbocycles. The molecule has 1 saturated heterocycles. The molecule has 2 nitrogen and oxygen atoms in total. The highest BCUT2D eigenvalue weighted by atomic mass is 19.4. The molecule has 1 atom stereocenters. The number of aliphatic hydroxyl groups is 1. The summed E-state index contributed by atoms with van der Waals surface area (Å²) >= 11 is 0. The molecule has 6 heteroatoms. The van der Waals surface area contributed by atoms with E-state index in [1.807, 2.05) is 0 Å². The first-order valence-electron chi connectivity index (χ1n) is 6.13. The Morgan fingerprint density at radius 2 is 1.89 bits per heavy atom. The van der Waals surface area contributed by atoms with E-state index < -0.39 is 23.2 Å². The molecular formula is C13H15F4NO. The second kappa shape index (κ2) is 5.09. The van der Waals surface area contributed by atoms with Crippen molar-refractivity contribution in [2.24, 2.45) is 0 Å². The van der Waals surface area contributed by atoms with E-state index in [9.17, 15) is 22.7 Å². The van der Waals surface area contributed by atoms with Crippen molar-refractivity contribution in [2.75, 3.05) is 13.1 Å². The lowest BCUT2D eigenvalue weighted by Gasteiger charge is -2.27. The van der Waals surface area contributed by atoms with Crippen LogP contribution in [0.1, 0.15) is 30.4 Å². The Bertz CT molecular complexity index is 450. The quantitative estimate of drug-likeness (QED) is 0.774. The minimum Gasteiger partial charge on any atom is -0.385 e. The van der Waals surface area contributed by atoms with Gasteiger partial charge in [-0.05, 0) is 50.0 Å². The molecule has 0 radical (unpaired) electrons. The van der Waals surface area contributed by atoms with Gasteiger partial charge >= 0.3 is 6.18 Å². The van der Waals surface area contributed by atoms with Gasteiger partial charge in [0.1, 0.15) is 5.82 Å². The topological polar surface area (TPSA) is 32.3 Å². The van der Waals surface area contributed by atoms with Crippen LogP contribution in [0.4, 0.5) is 17.6 Å². The molecule has 19 heavy (non-hydrogen) atoms. The van der Waals surface area contributed by atoms with Crippen LogP contribution < -0.4 is 5.32 Å². The highest BCUT2D eigenvalue weighted by Gasteiger charge is 2.37. The normalized spacial score (nSPS) is 25.1. The largest absolute Gasteiger partial charge is 0.419 e. The number of nitrogens with one attached hydrogen (secondary N) is 1. The Hall–Kier alpha value is -1.14. The monoisotopic (exact) mass is 277 g/mol. The first-order chi connectivity index (χ1) is 8.83. The molecule has 2 N–H and O–H groups in total. The Balaban J connectivity index is 2.39. The number of benzene rings is 1. The van der Waals surface area contributed by atoms with E-state index in [0.29, 0.717) is 25.8 Å². The minimum absolute atomic E-state index is 0.130. The highest BCUT2D eigenvalue weighted by Crippen LogP contribution is 2.37.